The molecule has 0 saturated carbocycles. The average molecular weight is 245 g/mol. The van der Waals surface area contributed by atoms with E-state index < -0.39 is 0 Å². The van der Waals surface area contributed by atoms with Crippen LogP contribution < -0.4 is 0 Å². The molecule has 1 unspecified atom stereocenters. The molecule has 0 fully saturated rings. The minimum Gasteiger partial charge on any atom is -0.292 e. The number of aromatic nitrogens is 2. The first-order chi connectivity index (χ1) is 8.34. The molecule has 1 atom stereocenters. The van der Waals surface area contributed by atoms with Crippen LogP contribution in [0.2, 0.25) is 0 Å². The minimum absolute atomic E-state index is 0.481. The second kappa shape index (κ2) is 4.55. The van der Waals surface area contributed by atoms with Gasteiger partial charge in [0, 0.05) is 43.0 Å². The quantitative estimate of drug-likeness (QED) is 0.814. The molecular weight excluding hydrogens is 230 g/mol. The van der Waals surface area contributed by atoms with Crippen LogP contribution in [0.15, 0.2) is 29.4 Å². The molecule has 0 saturated heterocycles. The van der Waals surface area contributed by atoms with Gasteiger partial charge in [0.05, 0.1) is 0 Å². The fourth-order valence-corrected chi connectivity index (χ4v) is 3.09. The summed E-state index contributed by atoms with van der Waals surface area (Å²) in [5, 5.41) is 4.38. The molecule has 1 aliphatic heterocycles. The molecule has 0 aromatic carbocycles. The van der Waals surface area contributed by atoms with Gasteiger partial charge in [0.25, 0.3) is 0 Å². The molecule has 17 heavy (non-hydrogen) atoms. The van der Waals surface area contributed by atoms with Crippen LogP contribution in [-0.2, 0) is 13.0 Å². The number of thiophene rings is 1. The van der Waals surface area contributed by atoms with Crippen molar-refractivity contribution in [3.63, 3.8) is 0 Å². The van der Waals surface area contributed by atoms with Gasteiger partial charge >= 0.3 is 0 Å². The van der Waals surface area contributed by atoms with Crippen LogP contribution in [0.5, 0.6) is 0 Å². The van der Waals surface area contributed by atoms with Gasteiger partial charge in [-0.2, -0.15) is 11.3 Å². The maximum Gasteiger partial charge on any atom is 0.115 e. The van der Waals surface area contributed by atoms with Crippen molar-refractivity contribution in [2.24, 2.45) is 0 Å². The van der Waals surface area contributed by atoms with Crippen LogP contribution in [0.4, 0.5) is 0 Å². The SMILES string of the molecule is CC(c1ccsc1)N1CCc2ncncc2C1. The highest BCUT2D eigenvalue weighted by Crippen LogP contribution is 2.27. The first kappa shape index (κ1) is 10.9. The maximum atomic E-state index is 4.34. The molecule has 1 aliphatic rings. The van der Waals surface area contributed by atoms with Crippen LogP contribution in [0, 0.1) is 0 Å². The topological polar surface area (TPSA) is 29.0 Å². The lowest BCUT2D eigenvalue weighted by molar-refractivity contribution is 0.190. The van der Waals surface area contributed by atoms with Crippen LogP contribution in [0.1, 0.15) is 29.8 Å². The summed E-state index contributed by atoms with van der Waals surface area (Å²) in [6.45, 7) is 4.32. The van der Waals surface area contributed by atoms with Gasteiger partial charge in [0.2, 0.25) is 0 Å². The standard InChI is InChI=1S/C13H15N3S/c1-10(11-3-5-17-8-11)16-4-2-13-12(7-16)6-14-9-15-13/h3,5-6,8-10H,2,4,7H2,1H3. The van der Waals surface area contributed by atoms with Crippen molar-refractivity contribution in [1.82, 2.24) is 14.9 Å². The third-order valence-electron chi connectivity index (χ3n) is 3.46. The van der Waals surface area contributed by atoms with Gasteiger partial charge in [-0.05, 0) is 29.3 Å². The third-order valence-corrected chi connectivity index (χ3v) is 4.17. The fraction of sp³-hybridized carbons (Fsp3) is 0.385. The Hall–Kier alpha value is -1.26. The van der Waals surface area contributed by atoms with Gasteiger partial charge in [-0.25, -0.2) is 9.97 Å². The van der Waals surface area contributed by atoms with Gasteiger partial charge in [-0.3, -0.25) is 4.90 Å². The molecule has 88 valence electrons. The van der Waals surface area contributed by atoms with E-state index in [0.29, 0.717) is 6.04 Å². The van der Waals surface area contributed by atoms with Crippen molar-refractivity contribution in [3.8, 4) is 0 Å². The van der Waals surface area contributed by atoms with Gasteiger partial charge in [-0.15, -0.1) is 0 Å². The summed E-state index contributed by atoms with van der Waals surface area (Å²) in [6.07, 6.45) is 4.64. The lowest BCUT2D eigenvalue weighted by Crippen LogP contribution is -2.33. The van der Waals surface area contributed by atoms with Crippen LogP contribution in [-0.4, -0.2) is 21.4 Å². The van der Waals surface area contributed by atoms with Crippen molar-refractivity contribution < 1.29 is 0 Å². The Balaban J connectivity index is 1.80. The van der Waals surface area contributed by atoms with Crippen molar-refractivity contribution in [2.75, 3.05) is 6.54 Å². The highest BCUT2D eigenvalue weighted by Gasteiger charge is 2.22. The number of hydrogen-bond acceptors (Lipinski definition) is 4. The summed E-state index contributed by atoms with van der Waals surface area (Å²) in [5.41, 5.74) is 3.91. The average Bonchev–Trinajstić information content (AvgIpc) is 2.91. The molecule has 0 radical (unpaired) electrons. The molecule has 2 aromatic heterocycles. The molecule has 0 spiro atoms. The van der Waals surface area contributed by atoms with Gasteiger partial charge < -0.3 is 0 Å². The lowest BCUT2D eigenvalue weighted by atomic mass is 10.0. The Morgan fingerprint density at radius 2 is 2.41 bits per heavy atom. The van der Waals surface area contributed by atoms with E-state index in [-0.39, 0.29) is 0 Å². The number of rotatable bonds is 2. The monoisotopic (exact) mass is 245 g/mol. The van der Waals surface area contributed by atoms with E-state index >= 15 is 0 Å². The normalized spacial score (nSPS) is 17.7. The second-order valence-electron chi connectivity index (χ2n) is 4.45. The van der Waals surface area contributed by atoms with E-state index in [2.05, 4.69) is 38.6 Å². The molecule has 0 amide bonds. The zero-order valence-electron chi connectivity index (χ0n) is 9.84. The first-order valence-corrected chi connectivity index (χ1v) is 6.83. The number of hydrogen-bond donors (Lipinski definition) is 0. The molecular formula is C13H15N3S. The van der Waals surface area contributed by atoms with Crippen molar-refractivity contribution >= 4 is 11.3 Å². The Labute approximate surface area is 105 Å². The Morgan fingerprint density at radius 3 is 3.24 bits per heavy atom. The summed E-state index contributed by atoms with van der Waals surface area (Å²) >= 11 is 1.77. The third kappa shape index (κ3) is 2.10. The summed E-state index contributed by atoms with van der Waals surface area (Å²) in [6, 6.07) is 2.70. The van der Waals surface area contributed by atoms with Crippen LogP contribution in [0.25, 0.3) is 0 Å². The first-order valence-electron chi connectivity index (χ1n) is 5.88. The molecule has 3 rings (SSSR count). The maximum absolute atomic E-state index is 4.34. The summed E-state index contributed by atoms with van der Waals surface area (Å²) in [4.78, 5) is 11.0. The molecule has 0 N–H and O–H groups in total. The molecule has 0 aliphatic carbocycles. The van der Waals surface area contributed by atoms with E-state index in [1.807, 2.05) is 6.20 Å². The van der Waals surface area contributed by atoms with E-state index in [9.17, 15) is 0 Å². The van der Waals surface area contributed by atoms with Crippen LogP contribution in [0.3, 0.4) is 0 Å². The molecule has 3 heterocycles. The van der Waals surface area contributed by atoms with E-state index in [1.165, 1.54) is 16.8 Å². The van der Waals surface area contributed by atoms with E-state index in [1.54, 1.807) is 17.7 Å². The van der Waals surface area contributed by atoms with Gasteiger partial charge in [0.15, 0.2) is 0 Å². The molecule has 2 aromatic rings. The van der Waals surface area contributed by atoms with Crippen molar-refractivity contribution in [1.29, 1.82) is 0 Å². The molecule has 4 heteroatoms. The number of fused-ring (bicyclic) bond motifs is 1. The Morgan fingerprint density at radius 1 is 1.47 bits per heavy atom. The largest absolute Gasteiger partial charge is 0.292 e. The highest BCUT2D eigenvalue weighted by atomic mass is 32.1. The van der Waals surface area contributed by atoms with Crippen molar-refractivity contribution in [3.05, 3.63) is 46.2 Å². The zero-order valence-corrected chi connectivity index (χ0v) is 10.7. The minimum atomic E-state index is 0.481. The summed E-state index contributed by atoms with van der Waals surface area (Å²) in [7, 11) is 0. The number of nitrogens with zero attached hydrogens (tertiary/aromatic N) is 3. The predicted octanol–water partition coefficient (Wildman–Crippen LogP) is 2.66. The Bertz CT molecular complexity index is 495. The second-order valence-corrected chi connectivity index (χ2v) is 5.23. The lowest BCUT2D eigenvalue weighted by Gasteiger charge is -2.32. The predicted molar refractivity (Wildman–Crippen MR) is 68.9 cm³/mol. The van der Waals surface area contributed by atoms with Crippen molar-refractivity contribution in [2.45, 2.75) is 25.9 Å². The highest BCUT2D eigenvalue weighted by molar-refractivity contribution is 7.07. The smallest absolute Gasteiger partial charge is 0.115 e. The van der Waals surface area contributed by atoms with E-state index in [0.717, 1.165) is 19.5 Å². The van der Waals surface area contributed by atoms with Gasteiger partial charge in [0.1, 0.15) is 6.33 Å². The zero-order chi connectivity index (χ0) is 11.7. The van der Waals surface area contributed by atoms with Crippen LogP contribution >= 0.6 is 11.3 Å². The molecule has 3 nitrogen and oxygen atoms in total. The molecule has 0 bridgehead atoms. The Kier molecular flexibility index (Phi) is 2.91. The summed E-state index contributed by atoms with van der Waals surface area (Å²) in [5.74, 6) is 0. The fourth-order valence-electron chi connectivity index (χ4n) is 2.34. The summed E-state index contributed by atoms with van der Waals surface area (Å²) < 4.78 is 0. The van der Waals surface area contributed by atoms with E-state index in [4.69, 9.17) is 0 Å². The van der Waals surface area contributed by atoms with Gasteiger partial charge in [-0.1, -0.05) is 0 Å².